The largest absolute Gasteiger partial charge is 0.492 e. The summed E-state index contributed by atoms with van der Waals surface area (Å²) in [6.07, 6.45) is 0.821. The molecule has 0 fully saturated rings. The molecule has 0 N–H and O–H groups in total. The van der Waals surface area contributed by atoms with Gasteiger partial charge in [-0.2, -0.15) is 0 Å². The predicted molar refractivity (Wildman–Crippen MR) is 110 cm³/mol. The molecular formula is C20H21BrCl2O3. The van der Waals surface area contributed by atoms with Crippen molar-refractivity contribution in [2.75, 3.05) is 6.61 Å². The predicted octanol–water partition coefficient (Wildman–Crippen LogP) is 6.75. The van der Waals surface area contributed by atoms with E-state index >= 15 is 0 Å². The molecule has 0 amide bonds. The summed E-state index contributed by atoms with van der Waals surface area (Å²) in [5, 5.41) is 1.42. The van der Waals surface area contributed by atoms with Crippen LogP contribution in [0.25, 0.3) is 0 Å². The fraction of sp³-hybridized carbons (Fsp3) is 0.350. The summed E-state index contributed by atoms with van der Waals surface area (Å²) in [6, 6.07) is 5.41. The molecule has 0 aliphatic heterocycles. The molecule has 2 aromatic carbocycles. The Hall–Kier alpha value is -1.23. The third-order valence-electron chi connectivity index (χ3n) is 3.99. The zero-order valence-corrected chi connectivity index (χ0v) is 18.3. The average Bonchev–Trinajstić information content (AvgIpc) is 2.58. The normalized spacial score (nSPS) is 10.7. The minimum absolute atomic E-state index is 0.268. The van der Waals surface area contributed by atoms with Crippen molar-refractivity contribution in [2.45, 2.75) is 40.5 Å². The number of carbonyl (C=O) groups excluding carboxylic acids is 1. The highest BCUT2D eigenvalue weighted by atomic mass is 79.9. The van der Waals surface area contributed by atoms with E-state index in [0.29, 0.717) is 23.8 Å². The number of ether oxygens (including phenoxy) is 2. The van der Waals surface area contributed by atoms with Crippen LogP contribution in [0.1, 0.15) is 35.1 Å². The van der Waals surface area contributed by atoms with Crippen molar-refractivity contribution in [3.63, 3.8) is 0 Å². The zero-order chi connectivity index (χ0) is 19.4. The van der Waals surface area contributed by atoms with Gasteiger partial charge in [0, 0.05) is 16.5 Å². The number of carbonyl (C=O) groups is 1. The van der Waals surface area contributed by atoms with Crippen molar-refractivity contribution in [2.24, 2.45) is 0 Å². The summed E-state index contributed by atoms with van der Waals surface area (Å²) in [5.41, 5.74) is 3.66. The molecule has 0 aromatic heterocycles. The molecule has 0 unspecified atom stereocenters. The van der Waals surface area contributed by atoms with Crippen LogP contribution in [0.4, 0.5) is 0 Å². The van der Waals surface area contributed by atoms with Crippen molar-refractivity contribution >= 4 is 45.1 Å². The van der Waals surface area contributed by atoms with Crippen molar-refractivity contribution in [3.05, 3.63) is 55.0 Å². The minimum atomic E-state index is -0.294. The molecule has 0 saturated carbocycles. The topological polar surface area (TPSA) is 35.5 Å². The van der Waals surface area contributed by atoms with Crippen LogP contribution in [0.2, 0.25) is 10.0 Å². The van der Waals surface area contributed by atoms with E-state index in [2.05, 4.69) is 15.9 Å². The van der Waals surface area contributed by atoms with E-state index in [0.717, 1.165) is 37.5 Å². The van der Waals surface area contributed by atoms with Gasteiger partial charge >= 0.3 is 5.97 Å². The summed E-state index contributed by atoms with van der Waals surface area (Å²) >= 11 is 15.8. The lowest BCUT2D eigenvalue weighted by Gasteiger charge is -2.13. The second-order valence-electron chi connectivity index (χ2n) is 6.24. The number of benzene rings is 2. The fourth-order valence-electron chi connectivity index (χ4n) is 2.55. The maximum atomic E-state index is 12.0. The van der Waals surface area contributed by atoms with Gasteiger partial charge in [-0.1, -0.05) is 23.2 Å². The molecule has 140 valence electrons. The van der Waals surface area contributed by atoms with E-state index in [-0.39, 0.29) is 12.4 Å². The van der Waals surface area contributed by atoms with Crippen LogP contribution in [0.5, 0.6) is 11.5 Å². The van der Waals surface area contributed by atoms with Gasteiger partial charge in [-0.05, 0) is 90.5 Å². The number of rotatable bonds is 6. The lowest BCUT2D eigenvalue weighted by atomic mass is 10.1. The molecule has 26 heavy (non-hydrogen) atoms. The molecule has 0 aliphatic carbocycles. The molecule has 0 heterocycles. The molecule has 0 atom stereocenters. The van der Waals surface area contributed by atoms with Gasteiger partial charge in [0.15, 0.2) is 0 Å². The molecule has 2 aromatic rings. The third kappa shape index (κ3) is 5.15. The number of halogens is 3. The number of esters is 1. The van der Waals surface area contributed by atoms with Gasteiger partial charge in [0.1, 0.15) is 11.5 Å². The molecule has 0 spiro atoms. The monoisotopic (exact) mass is 458 g/mol. The average molecular weight is 460 g/mol. The van der Waals surface area contributed by atoms with Crippen molar-refractivity contribution in [3.8, 4) is 11.5 Å². The fourth-order valence-corrected chi connectivity index (χ4v) is 3.35. The molecule has 0 saturated heterocycles. The van der Waals surface area contributed by atoms with Crippen molar-refractivity contribution in [1.29, 1.82) is 0 Å². The van der Waals surface area contributed by atoms with Crippen molar-refractivity contribution in [1.82, 2.24) is 0 Å². The first-order valence-corrected chi connectivity index (χ1v) is 9.81. The van der Waals surface area contributed by atoms with E-state index in [1.54, 1.807) is 12.1 Å². The molecule has 2 rings (SSSR count). The highest BCUT2D eigenvalue weighted by molar-refractivity contribution is 9.10. The SMILES string of the molecule is Cc1cc(OC(=O)CCCOc2cc(C)c(Cl)c(C)c2Br)cc(C)c1Cl. The zero-order valence-electron chi connectivity index (χ0n) is 15.2. The first kappa shape index (κ1) is 21.1. The van der Waals surface area contributed by atoms with Gasteiger partial charge in [-0.3, -0.25) is 4.79 Å². The van der Waals surface area contributed by atoms with Gasteiger partial charge in [-0.25, -0.2) is 0 Å². The first-order chi connectivity index (χ1) is 12.2. The van der Waals surface area contributed by atoms with Crippen LogP contribution in [0.15, 0.2) is 22.7 Å². The second kappa shape index (κ2) is 9.12. The van der Waals surface area contributed by atoms with Gasteiger partial charge < -0.3 is 9.47 Å². The maximum absolute atomic E-state index is 12.0. The van der Waals surface area contributed by atoms with Crippen molar-refractivity contribution < 1.29 is 14.3 Å². The Labute approximate surface area is 172 Å². The van der Waals surface area contributed by atoms with Crippen LogP contribution in [-0.4, -0.2) is 12.6 Å². The quantitative estimate of drug-likeness (QED) is 0.272. The summed E-state index contributed by atoms with van der Waals surface area (Å²) in [4.78, 5) is 12.0. The Morgan fingerprint density at radius 1 is 1.00 bits per heavy atom. The van der Waals surface area contributed by atoms with Gasteiger partial charge in [0.25, 0.3) is 0 Å². The van der Waals surface area contributed by atoms with Crippen LogP contribution >= 0.6 is 39.1 Å². The van der Waals surface area contributed by atoms with E-state index < -0.39 is 0 Å². The third-order valence-corrected chi connectivity index (χ3v) is 6.16. The Morgan fingerprint density at radius 2 is 1.58 bits per heavy atom. The highest BCUT2D eigenvalue weighted by Crippen LogP contribution is 2.35. The molecule has 0 radical (unpaired) electrons. The highest BCUT2D eigenvalue weighted by Gasteiger charge is 2.12. The van der Waals surface area contributed by atoms with E-state index in [4.69, 9.17) is 32.7 Å². The molecule has 6 heteroatoms. The summed E-state index contributed by atoms with van der Waals surface area (Å²) < 4.78 is 12.0. The molecule has 0 bridgehead atoms. The van der Waals surface area contributed by atoms with E-state index in [1.165, 1.54) is 0 Å². The Morgan fingerprint density at radius 3 is 2.19 bits per heavy atom. The van der Waals surface area contributed by atoms with Crippen LogP contribution < -0.4 is 9.47 Å². The number of aryl methyl sites for hydroxylation is 3. The van der Waals surface area contributed by atoms with E-state index in [1.807, 2.05) is 33.8 Å². The number of hydrogen-bond donors (Lipinski definition) is 0. The Bertz CT molecular complexity index is 811. The minimum Gasteiger partial charge on any atom is -0.492 e. The molecule has 0 aliphatic rings. The van der Waals surface area contributed by atoms with Crippen LogP contribution in [0.3, 0.4) is 0 Å². The number of hydrogen-bond acceptors (Lipinski definition) is 3. The summed E-state index contributed by atoms with van der Waals surface area (Å²) in [5.74, 6) is 0.945. The van der Waals surface area contributed by atoms with Gasteiger partial charge in [0.05, 0.1) is 11.1 Å². The lowest BCUT2D eigenvalue weighted by molar-refractivity contribution is -0.134. The maximum Gasteiger partial charge on any atom is 0.311 e. The molecular weight excluding hydrogens is 439 g/mol. The second-order valence-corrected chi connectivity index (χ2v) is 7.79. The van der Waals surface area contributed by atoms with Crippen LogP contribution in [0, 0.1) is 27.7 Å². The Kier molecular flexibility index (Phi) is 7.39. The Balaban J connectivity index is 1.86. The summed E-state index contributed by atoms with van der Waals surface area (Å²) in [7, 11) is 0. The molecule has 3 nitrogen and oxygen atoms in total. The van der Waals surface area contributed by atoms with E-state index in [9.17, 15) is 4.79 Å². The summed E-state index contributed by atoms with van der Waals surface area (Å²) in [6.45, 7) is 8.04. The smallest absolute Gasteiger partial charge is 0.311 e. The lowest BCUT2D eigenvalue weighted by Crippen LogP contribution is -2.10. The van der Waals surface area contributed by atoms with Crippen LogP contribution in [-0.2, 0) is 4.79 Å². The van der Waals surface area contributed by atoms with Gasteiger partial charge in [-0.15, -0.1) is 0 Å². The van der Waals surface area contributed by atoms with Gasteiger partial charge in [0.2, 0.25) is 0 Å². The standard InChI is InChI=1S/C20H21BrCl2O3/c1-11-8-15(9-12(2)19(11)22)26-17(24)6-5-7-25-16-10-13(3)20(23)14(4)18(16)21/h8-10H,5-7H2,1-4H3. The first-order valence-electron chi connectivity index (χ1n) is 8.26.